The number of hydrogen-bond acceptors (Lipinski definition) is 3. The normalized spacial score (nSPS) is 10.2. The molecule has 18 heavy (non-hydrogen) atoms. The summed E-state index contributed by atoms with van der Waals surface area (Å²) < 4.78 is 13.0. The second-order valence-corrected chi connectivity index (χ2v) is 4.44. The summed E-state index contributed by atoms with van der Waals surface area (Å²) in [7, 11) is 0. The first-order valence-electron chi connectivity index (χ1n) is 5.60. The summed E-state index contributed by atoms with van der Waals surface area (Å²) in [5, 5.41) is 17.8. The van der Waals surface area contributed by atoms with Crippen LogP contribution in [0, 0.1) is 23.1 Å². The van der Waals surface area contributed by atoms with E-state index >= 15 is 0 Å². The lowest BCUT2D eigenvalue weighted by Gasteiger charge is -2.25. The first-order valence-corrected chi connectivity index (χ1v) is 5.60. The highest BCUT2D eigenvalue weighted by Crippen LogP contribution is 2.22. The molecule has 0 radical (unpaired) electrons. The molecular formula is C13H15FN2O2. The molecule has 0 unspecified atom stereocenters. The van der Waals surface area contributed by atoms with Gasteiger partial charge in [0.25, 0.3) is 0 Å². The van der Waals surface area contributed by atoms with Crippen molar-refractivity contribution < 1.29 is 14.3 Å². The fraction of sp³-hybridized carbons (Fsp3) is 0.385. The fourth-order valence-corrected chi connectivity index (χ4v) is 1.73. The highest BCUT2D eigenvalue weighted by molar-refractivity contribution is 5.75. The van der Waals surface area contributed by atoms with Crippen molar-refractivity contribution in [3.05, 3.63) is 29.6 Å². The molecule has 0 heterocycles. The molecule has 1 N–H and O–H groups in total. The number of aliphatic carboxylic acids is 1. The van der Waals surface area contributed by atoms with Crippen molar-refractivity contribution in [3.8, 4) is 6.07 Å². The van der Waals surface area contributed by atoms with E-state index in [9.17, 15) is 9.18 Å². The van der Waals surface area contributed by atoms with E-state index in [1.807, 2.05) is 19.9 Å². The Labute approximate surface area is 105 Å². The number of hydrogen-bond donors (Lipinski definition) is 1. The van der Waals surface area contributed by atoms with E-state index in [1.54, 1.807) is 4.90 Å². The van der Waals surface area contributed by atoms with Crippen LogP contribution in [0.3, 0.4) is 0 Å². The average Bonchev–Trinajstić information content (AvgIpc) is 2.26. The lowest BCUT2D eigenvalue weighted by atomic mass is 10.1. The van der Waals surface area contributed by atoms with Crippen molar-refractivity contribution in [1.29, 1.82) is 5.26 Å². The van der Waals surface area contributed by atoms with Gasteiger partial charge in [-0.25, -0.2) is 4.39 Å². The van der Waals surface area contributed by atoms with Gasteiger partial charge in [-0.1, -0.05) is 13.8 Å². The molecule has 0 bridgehead atoms. The van der Waals surface area contributed by atoms with Gasteiger partial charge in [0.05, 0.1) is 11.3 Å². The summed E-state index contributed by atoms with van der Waals surface area (Å²) in [4.78, 5) is 12.4. The summed E-state index contributed by atoms with van der Waals surface area (Å²) in [6.45, 7) is 4.18. The van der Waals surface area contributed by atoms with Gasteiger partial charge in [-0.05, 0) is 24.1 Å². The first kappa shape index (κ1) is 14.0. The maximum atomic E-state index is 13.0. The predicted octanol–water partition coefficient (Wildman–Crippen LogP) is 2.24. The zero-order valence-corrected chi connectivity index (χ0v) is 10.4. The van der Waals surface area contributed by atoms with E-state index < -0.39 is 11.8 Å². The summed E-state index contributed by atoms with van der Waals surface area (Å²) >= 11 is 0. The Balaban J connectivity index is 3.12. The number of anilines is 1. The van der Waals surface area contributed by atoms with Gasteiger partial charge in [-0.3, -0.25) is 4.79 Å². The van der Waals surface area contributed by atoms with Crippen molar-refractivity contribution in [2.45, 2.75) is 13.8 Å². The third-order valence-electron chi connectivity index (χ3n) is 2.33. The maximum Gasteiger partial charge on any atom is 0.323 e. The monoisotopic (exact) mass is 250 g/mol. The minimum absolute atomic E-state index is 0.150. The van der Waals surface area contributed by atoms with Crippen LogP contribution in [0.25, 0.3) is 0 Å². The number of carboxylic acids is 1. The molecule has 4 nitrogen and oxygen atoms in total. The second kappa shape index (κ2) is 6.01. The smallest absolute Gasteiger partial charge is 0.323 e. The number of carbonyl (C=O) groups is 1. The Morgan fingerprint density at radius 1 is 1.56 bits per heavy atom. The van der Waals surface area contributed by atoms with Gasteiger partial charge in [0.2, 0.25) is 0 Å². The Bertz CT molecular complexity index is 480. The molecule has 0 spiro atoms. The third-order valence-corrected chi connectivity index (χ3v) is 2.33. The molecule has 1 aromatic carbocycles. The lowest BCUT2D eigenvalue weighted by Crippen LogP contribution is -2.33. The van der Waals surface area contributed by atoms with E-state index in [0.29, 0.717) is 12.2 Å². The minimum atomic E-state index is -0.983. The Morgan fingerprint density at radius 2 is 2.22 bits per heavy atom. The van der Waals surface area contributed by atoms with Crippen LogP contribution in [-0.2, 0) is 4.79 Å². The van der Waals surface area contributed by atoms with Gasteiger partial charge >= 0.3 is 5.97 Å². The van der Waals surface area contributed by atoms with Crippen LogP contribution in [0.5, 0.6) is 0 Å². The summed E-state index contributed by atoms with van der Waals surface area (Å²) in [5.41, 5.74) is 0.604. The number of nitrogens with zero attached hydrogens (tertiary/aromatic N) is 2. The van der Waals surface area contributed by atoms with Crippen molar-refractivity contribution in [2.24, 2.45) is 5.92 Å². The molecule has 0 aliphatic heterocycles. The summed E-state index contributed by atoms with van der Waals surface area (Å²) in [6.07, 6.45) is 0. The number of benzene rings is 1. The first-order chi connectivity index (χ1) is 8.43. The molecule has 1 aromatic rings. The van der Waals surface area contributed by atoms with Gasteiger partial charge < -0.3 is 10.0 Å². The van der Waals surface area contributed by atoms with Crippen LogP contribution in [0.1, 0.15) is 19.4 Å². The van der Waals surface area contributed by atoms with E-state index in [2.05, 4.69) is 0 Å². The van der Waals surface area contributed by atoms with E-state index in [0.717, 1.165) is 6.07 Å². The molecular weight excluding hydrogens is 235 g/mol. The highest BCUT2D eigenvalue weighted by Gasteiger charge is 2.16. The summed E-state index contributed by atoms with van der Waals surface area (Å²) in [6, 6.07) is 5.68. The topological polar surface area (TPSA) is 64.3 Å². The van der Waals surface area contributed by atoms with Gasteiger partial charge in [0.1, 0.15) is 18.4 Å². The maximum absolute atomic E-state index is 13.0. The van der Waals surface area contributed by atoms with Crippen molar-refractivity contribution in [1.82, 2.24) is 0 Å². The zero-order valence-electron chi connectivity index (χ0n) is 10.4. The average molecular weight is 250 g/mol. The Morgan fingerprint density at radius 3 is 2.72 bits per heavy atom. The number of carboxylic acid groups (broad SMARTS) is 1. The minimum Gasteiger partial charge on any atom is -0.480 e. The van der Waals surface area contributed by atoms with Crippen molar-refractivity contribution in [3.63, 3.8) is 0 Å². The van der Waals surface area contributed by atoms with Crippen LogP contribution in [0.15, 0.2) is 18.2 Å². The van der Waals surface area contributed by atoms with E-state index in [1.165, 1.54) is 12.1 Å². The summed E-state index contributed by atoms with van der Waals surface area (Å²) in [5.74, 6) is -1.25. The molecule has 0 aliphatic carbocycles. The molecule has 0 aliphatic rings. The largest absolute Gasteiger partial charge is 0.480 e. The number of rotatable bonds is 5. The van der Waals surface area contributed by atoms with Gasteiger partial charge in [0.15, 0.2) is 0 Å². The van der Waals surface area contributed by atoms with Crippen molar-refractivity contribution in [2.75, 3.05) is 18.0 Å². The van der Waals surface area contributed by atoms with E-state index in [-0.39, 0.29) is 18.0 Å². The van der Waals surface area contributed by atoms with Crippen LogP contribution in [-0.4, -0.2) is 24.2 Å². The van der Waals surface area contributed by atoms with Crippen LogP contribution >= 0.6 is 0 Å². The third kappa shape index (κ3) is 3.74. The van der Waals surface area contributed by atoms with Gasteiger partial charge in [0, 0.05) is 6.54 Å². The van der Waals surface area contributed by atoms with Crippen LogP contribution < -0.4 is 4.90 Å². The molecule has 1 rings (SSSR count). The zero-order chi connectivity index (χ0) is 13.7. The molecule has 0 saturated carbocycles. The number of halogens is 1. The molecule has 0 atom stereocenters. The number of nitriles is 1. The van der Waals surface area contributed by atoms with Crippen LogP contribution in [0.4, 0.5) is 10.1 Å². The second-order valence-electron chi connectivity index (χ2n) is 4.44. The molecule has 96 valence electrons. The Kier molecular flexibility index (Phi) is 4.67. The highest BCUT2D eigenvalue weighted by atomic mass is 19.1. The quantitative estimate of drug-likeness (QED) is 0.870. The van der Waals surface area contributed by atoms with Crippen molar-refractivity contribution >= 4 is 11.7 Å². The SMILES string of the molecule is CC(C)CN(CC(=O)O)c1ccc(F)cc1C#N. The fourth-order valence-electron chi connectivity index (χ4n) is 1.73. The van der Waals surface area contributed by atoms with Crippen LogP contribution in [0.2, 0.25) is 0 Å². The molecule has 0 saturated heterocycles. The molecule has 0 aromatic heterocycles. The standard InChI is InChI=1S/C13H15FN2O2/c1-9(2)7-16(8-13(17)18)12-4-3-11(14)5-10(12)6-15/h3-5,9H,7-8H2,1-2H3,(H,17,18). The Hall–Kier alpha value is -2.09. The van der Waals surface area contributed by atoms with Gasteiger partial charge in [-0.2, -0.15) is 5.26 Å². The van der Waals surface area contributed by atoms with E-state index in [4.69, 9.17) is 10.4 Å². The lowest BCUT2D eigenvalue weighted by molar-refractivity contribution is -0.135. The molecule has 0 fully saturated rings. The van der Waals surface area contributed by atoms with Gasteiger partial charge in [-0.15, -0.1) is 0 Å². The predicted molar refractivity (Wildman–Crippen MR) is 65.8 cm³/mol. The molecule has 0 amide bonds. The molecule has 5 heteroatoms.